The average molecular weight is 205 g/mol. The number of rotatable bonds is 2. The summed E-state index contributed by atoms with van der Waals surface area (Å²) >= 11 is 0. The third-order valence-corrected chi connectivity index (χ3v) is 3.35. The quantitative estimate of drug-likeness (QED) is 0.774. The van der Waals surface area contributed by atoms with Crippen molar-refractivity contribution < 1.29 is 4.74 Å². The Morgan fingerprint density at radius 2 is 1.93 bits per heavy atom. The Hall–Kier alpha value is -1.16. The van der Waals surface area contributed by atoms with Crippen molar-refractivity contribution in [2.75, 3.05) is 13.1 Å². The molecule has 0 radical (unpaired) electrons. The van der Waals surface area contributed by atoms with Gasteiger partial charge in [-0.15, -0.1) is 0 Å². The molecule has 4 nitrogen and oxygen atoms in total. The van der Waals surface area contributed by atoms with Crippen LogP contribution < -0.4 is 10.1 Å². The van der Waals surface area contributed by atoms with E-state index in [1.54, 1.807) is 12.4 Å². The summed E-state index contributed by atoms with van der Waals surface area (Å²) in [4.78, 5) is 8.35. The maximum atomic E-state index is 5.81. The van der Waals surface area contributed by atoms with E-state index in [2.05, 4.69) is 15.3 Å². The molecule has 1 aliphatic carbocycles. The first kappa shape index (κ1) is 9.09. The van der Waals surface area contributed by atoms with Gasteiger partial charge in [-0.05, 0) is 18.9 Å². The number of ether oxygens (including phenoxy) is 1. The van der Waals surface area contributed by atoms with Crippen LogP contribution in [0.1, 0.15) is 12.0 Å². The second-order valence-corrected chi connectivity index (χ2v) is 4.54. The van der Waals surface area contributed by atoms with Gasteiger partial charge in [-0.25, -0.2) is 9.97 Å². The third-order valence-electron chi connectivity index (χ3n) is 3.35. The van der Waals surface area contributed by atoms with Gasteiger partial charge in [-0.1, -0.05) is 0 Å². The van der Waals surface area contributed by atoms with Crippen LogP contribution in [0.25, 0.3) is 0 Å². The Bertz CT molecular complexity index is 337. The number of hydrogen-bond donors (Lipinski definition) is 1. The molecule has 2 bridgehead atoms. The molecule has 1 aromatic rings. The highest BCUT2D eigenvalue weighted by Gasteiger charge is 2.45. The van der Waals surface area contributed by atoms with Gasteiger partial charge in [0.2, 0.25) is 0 Å². The summed E-state index contributed by atoms with van der Waals surface area (Å²) in [6.07, 6.45) is 5.24. The Morgan fingerprint density at radius 3 is 2.53 bits per heavy atom. The van der Waals surface area contributed by atoms with Crippen LogP contribution in [0.4, 0.5) is 0 Å². The molecule has 1 aromatic heterocycles. The van der Waals surface area contributed by atoms with E-state index in [1.807, 2.05) is 6.92 Å². The molecule has 15 heavy (non-hydrogen) atoms. The number of fused-ring (bicyclic) bond motifs is 2. The van der Waals surface area contributed by atoms with Crippen LogP contribution in [0.2, 0.25) is 0 Å². The Kier molecular flexibility index (Phi) is 2.09. The molecule has 1 saturated carbocycles. The minimum absolute atomic E-state index is 0.342. The molecular formula is C11H15N3O. The highest BCUT2D eigenvalue weighted by Crippen LogP contribution is 2.38. The van der Waals surface area contributed by atoms with Crippen molar-refractivity contribution >= 4 is 0 Å². The van der Waals surface area contributed by atoms with Crippen molar-refractivity contribution in [1.29, 1.82) is 0 Å². The van der Waals surface area contributed by atoms with E-state index in [0.717, 1.165) is 18.7 Å². The summed E-state index contributed by atoms with van der Waals surface area (Å²) in [5, 5.41) is 3.39. The number of nitrogens with one attached hydrogen (secondary N) is 1. The maximum Gasteiger partial charge on any atom is 0.316 e. The Labute approximate surface area is 89.1 Å². The normalized spacial score (nSPS) is 33.3. The molecule has 3 rings (SSSR count). The van der Waals surface area contributed by atoms with Crippen LogP contribution in [0.15, 0.2) is 12.4 Å². The number of nitrogens with zero attached hydrogens (tertiary/aromatic N) is 2. The van der Waals surface area contributed by atoms with Gasteiger partial charge in [0.15, 0.2) is 0 Å². The van der Waals surface area contributed by atoms with Gasteiger partial charge >= 0.3 is 6.01 Å². The molecule has 80 valence electrons. The smallest absolute Gasteiger partial charge is 0.316 e. The van der Waals surface area contributed by atoms with Gasteiger partial charge in [0.25, 0.3) is 0 Å². The molecule has 4 heteroatoms. The number of piperidine rings is 2. The van der Waals surface area contributed by atoms with Gasteiger partial charge in [0.05, 0.1) is 0 Å². The number of aromatic nitrogens is 2. The highest BCUT2D eigenvalue weighted by atomic mass is 16.5. The van der Waals surface area contributed by atoms with E-state index >= 15 is 0 Å². The van der Waals surface area contributed by atoms with Gasteiger partial charge in [0, 0.05) is 37.3 Å². The van der Waals surface area contributed by atoms with Crippen molar-refractivity contribution in [3.63, 3.8) is 0 Å². The minimum atomic E-state index is 0.342. The van der Waals surface area contributed by atoms with E-state index < -0.39 is 0 Å². The molecule has 2 fully saturated rings. The van der Waals surface area contributed by atoms with Crippen molar-refractivity contribution in [2.24, 2.45) is 11.8 Å². The second-order valence-electron chi connectivity index (χ2n) is 4.54. The second kappa shape index (κ2) is 3.45. The SMILES string of the molecule is Cc1cnc(OC2[C@@H]3CNC[C@H]2C3)nc1. The number of aryl methyl sites for hydroxylation is 1. The zero-order valence-electron chi connectivity index (χ0n) is 8.81. The van der Waals surface area contributed by atoms with Crippen LogP contribution >= 0.6 is 0 Å². The fourth-order valence-corrected chi connectivity index (χ4v) is 2.46. The van der Waals surface area contributed by atoms with E-state index in [-0.39, 0.29) is 0 Å². The third kappa shape index (κ3) is 1.59. The van der Waals surface area contributed by atoms with E-state index in [4.69, 9.17) is 4.74 Å². The van der Waals surface area contributed by atoms with Crippen molar-refractivity contribution in [1.82, 2.24) is 15.3 Å². The van der Waals surface area contributed by atoms with Crippen LogP contribution in [-0.4, -0.2) is 29.2 Å². The fraction of sp³-hybridized carbons (Fsp3) is 0.636. The fourth-order valence-electron chi connectivity index (χ4n) is 2.46. The molecule has 1 unspecified atom stereocenters. The monoisotopic (exact) mass is 205 g/mol. The molecule has 2 heterocycles. The van der Waals surface area contributed by atoms with E-state index in [0.29, 0.717) is 24.0 Å². The van der Waals surface area contributed by atoms with Gasteiger partial charge in [-0.3, -0.25) is 0 Å². The first-order valence-electron chi connectivity index (χ1n) is 5.49. The minimum Gasteiger partial charge on any atom is -0.459 e. The first-order valence-corrected chi connectivity index (χ1v) is 5.49. The van der Waals surface area contributed by atoms with E-state index in [1.165, 1.54) is 6.42 Å². The highest BCUT2D eigenvalue weighted by molar-refractivity contribution is 5.07. The van der Waals surface area contributed by atoms with Crippen molar-refractivity contribution in [3.8, 4) is 6.01 Å². The summed E-state index contributed by atoms with van der Waals surface area (Å²) in [6, 6.07) is 0.530. The van der Waals surface area contributed by atoms with Crippen LogP contribution in [0.5, 0.6) is 6.01 Å². The lowest BCUT2D eigenvalue weighted by Gasteiger charge is -2.48. The van der Waals surface area contributed by atoms with E-state index in [9.17, 15) is 0 Å². The molecule has 1 N–H and O–H groups in total. The number of hydrogen-bond acceptors (Lipinski definition) is 4. The zero-order valence-corrected chi connectivity index (χ0v) is 8.81. The molecular weight excluding hydrogens is 190 g/mol. The lowest BCUT2D eigenvalue weighted by molar-refractivity contribution is -0.0496. The summed E-state index contributed by atoms with van der Waals surface area (Å²) < 4.78 is 5.81. The molecule has 0 spiro atoms. The molecule has 1 aliphatic heterocycles. The standard InChI is InChI=1S/C11H15N3O/c1-7-3-13-11(14-4-7)15-10-8-2-9(10)6-12-5-8/h3-4,8-10,12H,2,5-6H2,1H3/t8-,9+,10?. The van der Waals surface area contributed by atoms with Gasteiger partial charge < -0.3 is 10.1 Å². The van der Waals surface area contributed by atoms with Crippen LogP contribution in [0, 0.1) is 18.8 Å². The Balaban J connectivity index is 1.68. The maximum absolute atomic E-state index is 5.81. The largest absolute Gasteiger partial charge is 0.459 e. The molecule has 0 aromatic carbocycles. The Morgan fingerprint density at radius 1 is 1.27 bits per heavy atom. The van der Waals surface area contributed by atoms with Gasteiger partial charge in [-0.2, -0.15) is 0 Å². The molecule has 2 aliphatic rings. The lowest BCUT2D eigenvalue weighted by Crippen LogP contribution is -2.59. The lowest BCUT2D eigenvalue weighted by atomic mass is 9.69. The molecule has 1 saturated heterocycles. The summed E-state index contributed by atoms with van der Waals surface area (Å²) in [5.74, 6) is 1.32. The topological polar surface area (TPSA) is 47.0 Å². The average Bonchev–Trinajstić information content (AvgIpc) is 2.29. The summed E-state index contributed by atoms with van der Waals surface area (Å²) in [7, 11) is 0. The molecule has 0 amide bonds. The van der Waals surface area contributed by atoms with Gasteiger partial charge in [0.1, 0.15) is 6.10 Å². The predicted octanol–water partition coefficient (Wildman–Crippen LogP) is 0.772. The van der Waals surface area contributed by atoms with Crippen molar-refractivity contribution in [2.45, 2.75) is 19.4 Å². The van der Waals surface area contributed by atoms with Crippen LogP contribution in [-0.2, 0) is 0 Å². The summed E-state index contributed by atoms with van der Waals surface area (Å²) in [6.45, 7) is 4.13. The van der Waals surface area contributed by atoms with Crippen molar-refractivity contribution in [3.05, 3.63) is 18.0 Å². The van der Waals surface area contributed by atoms with Crippen LogP contribution in [0.3, 0.4) is 0 Å². The summed E-state index contributed by atoms with van der Waals surface area (Å²) in [5.41, 5.74) is 1.07. The first-order chi connectivity index (χ1) is 7.33. The zero-order chi connectivity index (χ0) is 10.3. The molecule has 3 atom stereocenters. The predicted molar refractivity (Wildman–Crippen MR) is 55.7 cm³/mol.